The van der Waals surface area contributed by atoms with Gasteiger partial charge in [-0.25, -0.2) is 9.37 Å². The highest BCUT2D eigenvalue weighted by molar-refractivity contribution is 7.14. The number of aromatic nitrogens is 1. The van der Waals surface area contributed by atoms with Crippen molar-refractivity contribution in [3.8, 4) is 16.6 Å². The number of hydrogen-bond donors (Lipinski definition) is 1. The minimum atomic E-state index is -0.604. The molecule has 2 aromatic heterocycles. The van der Waals surface area contributed by atoms with Gasteiger partial charge in [-0.2, -0.15) is 5.26 Å². The third-order valence-electron chi connectivity index (χ3n) is 3.35. The van der Waals surface area contributed by atoms with Crippen molar-refractivity contribution in [2.75, 3.05) is 11.9 Å². The van der Waals surface area contributed by atoms with Gasteiger partial charge in [0.15, 0.2) is 6.61 Å². The second-order valence-corrected chi connectivity index (χ2v) is 7.09. The number of carbonyl (C=O) groups is 2. The summed E-state index contributed by atoms with van der Waals surface area (Å²) in [5.74, 6) is -1.49. The molecule has 0 saturated carbocycles. The summed E-state index contributed by atoms with van der Waals surface area (Å²) in [5, 5.41) is 15.8. The van der Waals surface area contributed by atoms with Gasteiger partial charge in [0.1, 0.15) is 21.9 Å². The molecule has 0 atom stereocenters. The average Bonchev–Trinajstić information content (AvgIpc) is 3.29. The van der Waals surface area contributed by atoms with Crippen molar-refractivity contribution in [1.29, 1.82) is 5.26 Å². The minimum absolute atomic E-state index is 0.0957. The van der Waals surface area contributed by atoms with E-state index in [2.05, 4.69) is 10.3 Å². The van der Waals surface area contributed by atoms with E-state index in [9.17, 15) is 14.0 Å². The summed E-state index contributed by atoms with van der Waals surface area (Å²) in [7, 11) is 0. The number of esters is 1. The second kappa shape index (κ2) is 8.53. The molecule has 1 amide bonds. The Bertz CT molecular complexity index is 1020. The Hall–Kier alpha value is -3.09. The van der Waals surface area contributed by atoms with Gasteiger partial charge in [-0.15, -0.1) is 22.7 Å². The van der Waals surface area contributed by atoms with E-state index >= 15 is 0 Å². The standard InChI is InChI=1S/C18H12FN3O3S2/c19-13-3-1-2-11(6-13)17-21-14(10-27-17)7-16(24)25-9-15(23)22-18-12(8-20)4-5-26-18/h1-6,10H,7,9H2,(H,22,23). The first-order valence-corrected chi connectivity index (χ1v) is 9.44. The first-order valence-electron chi connectivity index (χ1n) is 7.68. The number of ether oxygens (including phenoxy) is 1. The molecule has 9 heteroatoms. The number of nitrogens with one attached hydrogen (secondary N) is 1. The molecule has 136 valence electrons. The fraction of sp³-hybridized carbons (Fsp3) is 0.111. The molecule has 6 nitrogen and oxygen atoms in total. The molecule has 1 N–H and O–H groups in total. The van der Waals surface area contributed by atoms with Crippen LogP contribution in [0.3, 0.4) is 0 Å². The van der Waals surface area contributed by atoms with Crippen molar-refractivity contribution in [3.63, 3.8) is 0 Å². The van der Waals surface area contributed by atoms with Crippen LogP contribution in [0.2, 0.25) is 0 Å². The van der Waals surface area contributed by atoms with Gasteiger partial charge in [0.05, 0.1) is 17.7 Å². The molecule has 27 heavy (non-hydrogen) atoms. The lowest BCUT2D eigenvalue weighted by atomic mass is 10.2. The van der Waals surface area contributed by atoms with Crippen LogP contribution in [0.1, 0.15) is 11.3 Å². The van der Waals surface area contributed by atoms with Crippen molar-refractivity contribution in [2.45, 2.75) is 6.42 Å². The number of thiazole rings is 1. The second-order valence-electron chi connectivity index (χ2n) is 5.32. The molecule has 0 saturated heterocycles. The first kappa shape index (κ1) is 18.7. The number of rotatable bonds is 6. The monoisotopic (exact) mass is 401 g/mol. The van der Waals surface area contributed by atoms with Crippen LogP contribution >= 0.6 is 22.7 Å². The third kappa shape index (κ3) is 4.97. The maximum Gasteiger partial charge on any atom is 0.312 e. The number of nitriles is 1. The maximum atomic E-state index is 13.3. The van der Waals surface area contributed by atoms with Crippen molar-refractivity contribution >= 4 is 39.6 Å². The van der Waals surface area contributed by atoms with Gasteiger partial charge in [-0.05, 0) is 23.6 Å². The molecule has 2 heterocycles. The highest BCUT2D eigenvalue weighted by Crippen LogP contribution is 2.24. The zero-order valence-electron chi connectivity index (χ0n) is 13.8. The molecular weight excluding hydrogens is 389 g/mol. The van der Waals surface area contributed by atoms with Gasteiger partial charge in [0, 0.05) is 10.9 Å². The van der Waals surface area contributed by atoms with Gasteiger partial charge in [0.25, 0.3) is 5.91 Å². The Labute approximate surface area is 161 Å². The molecular formula is C18H12FN3O3S2. The lowest BCUT2D eigenvalue weighted by molar-refractivity contribution is -0.146. The predicted octanol–water partition coefficient (Wildman–Crippen LogP) is 3.61. The van der Waals surface area contributed by atoms with E-state index in [0.717, 1.165) is 0 Å². The number of hydrogen-bond acceptors (Lipinski definition) is 7. The summed E-state index contributed by atoms with van der Waals surface area (Å²) in [6, 6.07) is 9.57. The van der Waals surface area contributed by atoms with Crippen LogP contribution in [0.15, 0.2) is 41.1 Å². The number of halogens is 1. The Morgan fingerprint density at radius 3 is 2.93 bits per heavy atom. The van der Waals surface area contributed by atoms with E-state index in [1.807, 2.05) is 6.07 Å². The normalized spacial score (nSPS) is 10.2. The molecule has 1 aromatic carbocycles. The van der Waals surface area contributed by atoms with Crippen LogP contribution < -0.4 is 5.32 Å². The van der Waals surface area contributed by atoms with Crippen LogP contribution in [0.5, 0.6) is 0 Å². The third-order valence-corrected chi connectivity index (χ3v) is 5.12. The average molecular weight is 401 g/mol. The van der Waals surface area contributed by atoms with E-state index < -0.39 is 18.5 Å². The van der Waals surface area contributed by atoms with Crippen molar-refractivity contribution < 1.29 is 18.7 Å². The lowest BCUT2D eigenvalue weighted by Gasteiger charge is -2.04. The van der Waals surface area contributed by atoms with Crippen LogP contribution in [-0.4, -0.2) is 23.5 Å². The lowest BCUT2D eigenvalue weighted by Crippen LogP contribution is -2.21. The van der Waals surface area contributed by atoms with Crippen LogP contribution in [0, 0.1) is 17.1 Å². The zero-order chi connectivity index (χ0) is 19.2. The van der Waals surface area contributed by atoms with Crippen LogP contribution in [0.4, 0.5) is 9.39 Å². The van der Waals surface area contributed by atoms with E-state index in [4.69, 9.17) is 10.00 Å². The molecule has 0 aliphatic carbocycles. The van der Waals surface area contributed by atoms with Gasteiger partial charge >= 0.3 is 5.97 Å². The van der Waals surface area contributed by atoms with E-state index in [0.29, 0.717) is 26.8 Å². The van der Waals surface area contributed by atoms with E-state index in [-0.39, 0.29) is 12.2 Å². The number of thiophene rings is 1. The summed E-state index contributed by atoms with van der Waals surface area (Å²) in [4.78, 5) is 28.0. The maximum absolute atomic E-state index is 13.3. The number of benzene rings is 1. The SMILES string of the molecule is N#Cc1ccsc1NC(=O)COC(=O)Cc1csc(-c2cccc(F)c2)n1. The molecule has 0 aliphatic heterocycles. The first-order chi connectivity index (χ1) is 13.0. The molecule has 0 unspecified atom stereocenters. The van der Waals surface area contributed by atoms with Crippen molar-refractivity contribution in [2.24, 2.45) is 0 Å². The topological polar surface area (TPSA) is 92.1 Å². The van der Waals surface area contributed by atoms with E-state index in [1.165, 1.54) is 34.8 Å². The van der Waals surface area contributed by atoms with Gasteiger partial charge in [0.2, 0.25) is 0 Å². The number of anilines is 1. The van der Waals surface area contributed by atoms with Crippen LogP contribution in [-0.2, 0) is 20.7 Å². The highest BCUT2D eigenvalue weighted by Gasteiger charge is 2.13. The summed E-state index contributed by atoms with van der Waals surface area (Å²) >= 11 is 2.50. The largest absolute Gasteiger partial charge is 0.455 e. The van der Waals surface area contributed by atoms with Gasteiger partial charge < -0.3 is 10.1 Å². The quantitative estimate of drug-likeness (QED) is 0.637. The van der Waals surface area contributed by atoms with Crippen molar-refractivity contribution in [3.05, 3.63) is 58.2 Å². The number of carbonyl (C=O) groups excluding carboxylic acids is 2. The minimum Gasteiger partial charge on any atom is -0.455 e. The smallest absolute Gasteiger partial charge is 0.312 e. The van der Waals surface area contributed by atoms with E-state index in [1.54, 1.807) is 29.0 Å². The Morgan fingerprint density at radius 2 is 2.15 bits per heavy atom. The molecule has 0 bridgehead atoms. The molecule has 0 spiro atoms. The van der Waals surface area contributed by atoms with Crippen LogP contribution in [0.25, 0.3) is 10.6 Å². The summed E-state index contributed by atoms with van der Waals surface area (Å²) in [6.45, 7) is -0.456. The van der Waals surface area contributed by atoms with Gasteiger partial charge in [-0.3, -0.25) is 9.59 Å². The Morgan fingerprint density at radius 1 is 1.30 bits per heavy atom. The summed E-state index contributed by atoms with van der Waals surface area (Å²) < 4.78 is 18.2. The molecule has 0 aliphatic rings. The molecule has 0 fully saturated rings. The summed E-state index contributed by atoms with van der Waals surface area (Å²) in [5.41, 5.74) is 1.46. The summed E-state index contributed by atoms with van der Waals surface area (Å²) in [6.07, 6.45) is -0.0957. The Kier molecular flexibility index (Phi) is 5.90. The fourth-order valence-corrected chi connectivity index (χ4v) is 3.71. The molecule has 3 aromatic rings. The molecule has 3 rings (SSSR count). The number of nitrogens with zero attached hydrogens (tertiary/aromatic N) is 2. The highest BCUT2D eigenvalue weighted by atomic mass is 32.1. The van der Waals surface area contributed by atoms with Crippen molar-refractivity contribution in [1.82, 2.24) is 4.98 Å². The number of amides is 1. The van der Waals surface area contributed by atoms with Gasteiger partial charge in [-0.1, -0.05) is 12.1 Å². The predicted molar refractivity (Wildman–Crippen MR) is 99.8 cm³/mol. The molecule has 0 radical (unpaired) electrons. The zero-order valence-corrected chi connectivity index (χ0v) is 15.4. The Balaban J connectivity index is 1.51. The fourth-order valence-electron chi connectivity index (χ4n) is 2.14.